The van der Waals surface area contributed by atoms with Crippen molar-refractivity contribution in [2.75, 3.05) is 0 Å². The highest BCUT2D eigenvalue weighted by molar-refractivity contribution is 6.32. The first-order valence-electron chi connectivity index (χ1n) is 8.35. The van der Waals surface area contributed by atoms with Crippen LogP contribution in [0.1, 0.15) is 16.8 Å². The van der Waals surface area contributed by atoms with Gasteiger partial charge in [-0.05, 0) is 49.2 Å². The van der Waals surface area contributed by atoms with Gasteiger partial charge in [-0.25, -0.2) is 9.48 Å². The minimum absolute atomic E-state index is 0.227. The highest BCUT2D eigenvalue weighted by Gasteiger charge is 2.09. The maximum atomic E-state index is 11.5. The van der Waals surface area contributed by atoms with Crippen LogP contribution in [0.2, 0.25) is 5.02 Å². The Morgan fingerprint density at radius 2 is 2.00 bits per heavy atom. The summed E-state index contributed by atoms with van der Waals surface area (Å²) in [6, 6.07) is 12.6. The number of ether oxygens (including phenoxy) is 1. The summed E-state index contributed by atoms with van der Waals surface area (Å²) in [7, 11) is 0. The van der Waals surface area contributed by atoms with Crippen LogP contribution < -0.4 is 10.4 Å². The largest absolute Gasteiger partial charge is 0.487 e. The predicted molar refractivity (Wildman–Crippen MR) is 103 cm³/mol. The normalized spacial score (nSPS) is 11.1. The topological polar surface area (TPSA) is 70.2 Å². The van der Waals surface area contributed by atoms with E-state index in [0.29, 0.717) is 22.0 Å². The zero-order chi connectivity index (χ0) is 19.0. The Hall–Kier alpha value is -3.12. The summed E-state index contributed by atoms with van der Waals surface area (Å²) in [5.74, 6) is 0.583. The molecule has 0 saturated heterocycles. The molecule has 6 nitrogen and oxygen atoms in total. The van der Waals surface area contributed by atoms with Crippen LogP contribution in [-0.4, -0.2) is 15.0 Å². The minimum Gasteiger partial charge on any atom is -0.487 e. The molecule has 27 heavy (non-hydrogen) atoms. The van der Waals surface area contributed by atoms with Crippen molar-refractivity contribution in [3.05, 3.63) is 80.9 Å². The van der Waals surface area contributed by atoms with Crippen molar-refractivity contribution < 1.29 is 9.15 Å². The summed E-state index contributed by atoms with van der Waals surface area (Å²) in [5.41, 5.74) is 3.46. The predicted octanol–water partition coefficient (Wildman–Crippen LogP) is 4.22. The molecule has 7 heteroatoms. The summed E-state index contributed by atoms with van der Waals surface area (Å²) < 4.78 is 12.6. The molecule has 0 radical (unpaired) electrons. The number of aryl methyl sites for hydroxylation is 2. The fraction of sp³-hybridized carbons (Fsp3) is 0.150. The van der Waals surface area contributed by atoms with Crippen molar-refractivity contribution in [3.8, 4) is 11.4 Å². The van der Waals surface area contributed by atoms with E-state index in [4.69, 9.17) is 20.8 Å². The van der Waals surface area contributed by atoms with Crippen molar-refractivity contribution in [1.29, 1.82) is 0 Å². The van der Waals surface area contributed by atoms with Gasteiger partial charge >= 0.3 is 5.63 Å². The van der Waals surface area contributed by atoms with Crippen LogP contribution >= 0.6 is 11.6 Å². The molecule has 0 spiro atoms. The fourth-order valence-electron chi connectivity index (χ4n) is 2.83. The quantitative estimate of drug-likeness (QED) is 0.495. The Kier molecular flexibility index (Phi) is 4.41. The molecule has 2 aromatic heterocycles. The third-order valence-corrected chi connectivity index (χ3v) is 4.50. The van der Waals surface area contributed by atoms with E-state index in [2.05, 4.69) is 10.3 Å². The summed E-state index contributed by atoms with van der Waals surface area (Å²) in [6.45, 7) is 4.07. The van der Waals surface area contributed by atoms with Crippen molar-refractivity contribution in [2.24, 2.45) is 0 Å². The number of rotatable bonds is 4. The highest BCUT2D eigenvalue weighted by atomic mass is 35.5. The van der Waals surface area contributed by atoms with Crippen LogP contribution in [0.5, 0.6) is 5.75 Å². The molecule has 2 aromatic carbocycles. The number of fused-ring (bicyclic) bond motifs is 1. The van der Waals surface area contributed by atoms with Crippen LogP contribution in [0.25, 0.3) is 16.7 Å². The first-order valence-corrected chi connectivity index (χ1v) is 8.72. The molecule has 136 valence electrons. The van der Waals surface area contributed by atoms with E-state index < -0.39 is 0 Å². The minimum atomic E-state index is -0.380. The molecule has 4 rings (SSSR count). The lowest BCUT2D eigenvalue weighted by Gasteiger charge is -2.06. The fourth-order valence-corrected chi connectivity index (χ4v) is 3.15. The lowest BCUT2D eigenvalue weighted by Crippen LogP contribution is -1.99. The third kappa shape index (κ3) is 3.57. The number of aromatic nitrogens is 3. The van der Waals surface area contributed by atoms with Gasteiger partial charge < -0.3 is 9.15 Å². The molecule has 4 aromatic rings. The Morgan fingerprint density at radius 3 is 2.81 bits per heavy atom. The van der Waals surface area contributed by atoms with Crippen LogP contribution in [0.3, 0.4) is 0 Å². The van der Waals surface area contributed by atoms with Gasteiger partial charge in [0.05, 0.1) is 16.9 Å². The standard InChI is InChI=1S/C20H16ClN3O3/c1-12-3-6-18(17(21)7-12)24-10-14(22-23-24)11-26-15-4-5-16-13(2)8-20(25)27-19(16)9-15/h3-10H,11H2,1-2H3. The first-order chi connectivity index (χ1) is 13.0. The molecule has 0 aliphatic heterocycles. The monoisotopic (exact) mass is 381 g/mol. The summed E-state index contributed by atoms with van der Waals surface area (Å²) in [5, 5.41) is 9.70. The lowest BCUT2D eigenvalue weighted by atomic mass is 10.1. The van der Waals surface area contributed by atoms with E-state index in [9.17, 15) is 4.79 Å². The summed E-state index contributed by atoms with van der Waals surface area (Å²) in [6.07, 6.45) is 1.77. The van der Waals surface area contributed by atoms with Gasteiger partial charge in [0.2, 0.25) is 0 Å². The van der Waals surface area contributed by atoms with Gasteiger partial charge in [0.25, 0.3) is 0 Å². The maximum absolute atomic E-state index is 11.5. The van der Waals surface area contributed by atoms with E-state index in [1.54, 1.807) is 16.9 Å². The van der Waals surface area contributed by atoms with E-state index in [-0.39, 0.29) is 12.2 Å². The van der Waals surface area contributed by atoms with Crippen LogP contribution in [0.15, 0.2) is 57.9 Å². The molecule has 2 heterocycles. The summed E-state index contributed by atoms with van der Waals surface area (Å²) in [4.78, 5) is 11.5. The zero-order valence-electron chi connectivity index (χ0n) is 14.8. The van der Waals surface area contributed by atoms with Crippen molar-refractivity contribution >= 4 is 22.6 Å². The Morgan fingerprint density at radius 1 is 1.15 bits per heavy atom. The number of nitrogens with zero attached hydrogens (tertiary/aromatic N) is 3. The van der Waals surface area contributed by atoms with Crippen molar-refractivity contribution in [3.63, 3.8) is 0 Å². The van der Waals surface area contributed by atoms with E-state index >= 15 is 0 Å². The van der Waals surface area contributed by atoms with Crippen molar-refractivity contribution in [1.82, 2.24) is 15.0 Å². The Bertz CT molecular complexity index is 1200. The molecular weight excluding hydrogens is 366 g/mol. The molecule has 0 N–H and O–H groups in total. The van der Waals surface area contributed by atoms with Crippen molar-refractivity contribution in [2.45, 2.75) is 20.5 Å². The van der Waals surface area contributed by atoms with Gasteiger partial charge in [0, 0.05) is 17.5 Å². The number of halogens is 1. The molecule has 0 fully saturated rings. The first kappa shape index (κ1) is 17.3. The third-order valence-electron chi connectivity index (χ3n) is 4.20. The van der Waals surface area contributed by atoms with Crippen LogP contribution in [0, 0.1) is 13.8 Å². The van der Waals surface area contributed by atoms with E-state index in [1.807, 2.05) is 44.2 Å². The van der Waals surface area contributed by atoms with Crippen LogP contribution in [0.4, 0.5) is 0 Å². The SMILES string of the molecule is Cc1ccc(-n2cc(COc3ccc4c(C)cc(=O)oc4c3)nn2)c(Cl)c1. The number of benzene rings is 2. The molecule has 0 bridgehead atoms. The smallest absolute Gasteiger partial charge is 0.336 e. The average molecular weight is 382 g/mol. The molecule has 0 amide bonds. The van der Waals surface area contributed by atoms with Gasteiger partial charge in [0.1, 0.15) is 23.6 Å². The summed E-state index contributed by atoms with van der Waals surface area (Å²) >= 11 is 6.27. The van der Waals surface area contributed by atoms with Crippen LogP contribution in [-0.2, 0) is 6.61 Å². The molecule has 0 saturated carbocycles. The van der Waals surface area contributed by atoms with E-state index in [1.165, 1.54) is 6.07 Å². The van der Waals surface area contributed by atoms with Gasteiger partial charge in [-0.2, -0.15) is 0 Å². The lowest BCUT2D eigenvalue weighted by molar-refractivity contribution is 0.301. The van der Waals surface area contributed by atoms with Gasteiger partial charge in [-0.1, -0.05) is 22.9 Å². The molecule has 0 atom stereocenters. The zero-order valence-corrected chi connectivity index (χ0v) is 15.5. The highest BCUT2D eigenvalue weighted by Crippen LogP contribution is 2.23. The number of hydrogen-bond acceptors (Lipinski definition) is 5. The molecule has 0 aliphatic rings. The van der Waals surface area contributed by atoms with Gasteiger partial charge in [0.15, 0.2) is 0 Å². The second-order valence-electron chi connectivity index (χ2n) is 6.30. The number of hydrogen-bond donors (Lipinski definition) is 0. The second kappa shape index (κ2) is 6.89. The molecular formula is C20H16ClN3O3. The maximum Gasteiger partial charge on any atom is 0.336 e. The molecule has 0 aliphatic carbocycles. The second-order valence-corrected chi connectivity index (χ2v) is 6.71. The Labute approximate surface area is 160 Å². The van der Waals surface area contributed by atoms with Gasteiger partial charge in [-0.15, -0.1) is 5.10 Å². The van der Waals surface area contributed by atoms with E-state index in [0.717, 1.165) is 22.2 Å². The molecule has 0 unspecified atom stereocenters. The Balaban J connectivity index is 1.53. The van der Waals surface area contributed by atoms with Gasteiger partial charge in [-0.3, -0.25) is 0 Å². The average Bonchev–Trinajstić information content (AvgIpc) is 3.08.